The standard InChI is InChI=1S/C17H12Cl3F4NO4/c18-9-4-10(21)7(2-11(9)29-12(16(26)27)1-6-5-28-6)8-3-13(17(22,23)24)25-14(8)15(19)20/h2-4,6,12,15,25H,1,5H2,(H,26,27). The van der Waals surface area contributed by atoms with Crippen LogP contribution in [0.1, 0.15) is 22.6 Å². The van der Waals surface area contributed by atoms with Gasteiger partial charge in [-0.05, 0) is 18.2 Å². The van der Waals surface area contributed by atoms with E-state index in [4.69, 9.17) is 44.3 Å². The van der Waals surface area contributed by atoms with Crippen LogP contribution in [0.3, 0.4) is 0 Å². The summed E-state index contributed by atoms with van der Waals surface area (Å²) in [4.78, 5) is 12.0. The summed E-state index contributed by atoms with van der Waals surface area (Å²) in [6.07, 6.45) is -6.36. The molecule has 0 saturated carbocycles. The first-order valence-corrected chi connectivity index (χ1v) is 9.31. The van der Waals surface area contributed by atoms with Crippen molar-refractivity contribution in [2.75, 3.05) is 6.61 Å². The summed E-state index contributed by atoms with van der Waals surface area (Å²) in [7, 11) is 0. The maximum atomic E-state index is 14.5. The van der Waals surface area contributed by atoms with Crippen LogP contribution in [0.15, 0.2) is 18.2 Å². The Morgan fingerprint density at radius 3 is 2.48 bits per heavy atom. The number of aromatic nitrogens is 1. The normalized spacial score (nSPS) is 17.4. The SMILES string of the molecule is O=C(O)C(CC1CO1)Oc1cc(-c2cc(C(F)(F)F)[nH]c2C(Cl)Cl)c(F)cc1Cl. The Kier molecular flexibility index (Phi) is 6.24. The first-order chi connectivity index (χ1) is 13.5. The summed E-state index contributed by atoms with van der Waals surface area (Å²) in [5, 5.41) is 9.04. The lowest BCUT2D eigenvalue weighted by Crippen LogP contribution is -2.28. The van der Waals surface area contributed by atoms with Gasteiger partial charge in [0.2, 0.25) is 0 Å². The fraction of sp³-hybridized carbons (Fsp3) is 0.353. The number of ether oxygens (including phenoxy) is 2. The Morgan fingerprint density at radius 1 is 1.31 bits per heavy atom. The van der Waals surface area contributed by atoms with E-state index >= 15 is 0 Å². The molecule has 1 aliphatic rings. The number of rotatable bonds is 7. The largest absolute Gasteiger partial charge is 0.479 e. The topological polar surface area (TPSA) is 74.8 Å². The molecule has 29 heavy (non-hydrogen) atoms. The van der Waals surface area contributed by atoms with Crippen LogP contribution in [0.5, 0.6) is 5.75 Å². The van der Waals surface area contributed by atoms with Crippen molar-refractivity contribution < 1.29 is 36.9 Å². The van der Waals surface area contributed by atoms with E-state index < -0.39 is 34.6 Å². The van der Waals surface area contributed by atoms with Gasteiger partial charge >= 0.3 is 12.1 Å². The maximum Gasteiger partial charge on any atom is 0.431 e. The van der Waals surface area contributed by atoms with E-state index in [2.05, 4.69) is 0 Å². The van der Waals surface area contributed by atoms with Crippen LogP contribution in [0.4, 0.5) is 17.6 Å². The Bertz CT molecular complexity index is 928. The van der Waals surface area contributed by atoms with Gasteiger partial charge in [0.15, 0.2) is 6.10 Å². The number of carboxylic acids is 1. The second kappa shape index (κ2) is 8.22. The van der Waals surface area contributed by atoms with Gasteiger partial charge in [-0.1, -0.05) is 34.8 Å². The first-order valence-electron chi connectivity index (χ1n) is 8.06. The maximum absolute atomic E-state index is 14.5. The number of epoxide rings is 1. The van der Waals surface area contributed by atoms with E-state index in [1.165, 1.54) is 0 Å². The third-order valence-electron chi connectivity index (χ3n) is 4.11. The second-order valence-corrected chi connectivity index (χ2v) is 7.71. The van der Waals surface area contributed by atoms with Gasteiger partial charge in [-0.3, -0.25) is 0 Å². The van der Waals surface area contributed by atoms with Gasteiger partial charge in [-0.2, -0.15) is 13.2 Å². The Labute approximate surface area is 176 Å². The summed E-state index contributed by atoms with van der Waals surface area (Å²) in [6, 6.07) is 2.46. The van der Waals surface area contributed by atoms with Crippen molar-refractivity contribution in [3.8, 4) is 16.9 Å². The number of hydrogen-bond donors (Lipinski definition) is 2. The molecule has 12 heteroatoms. The zero-order valence-corrected chi connectivity index (χ0v) is 16.5. The number of nitrogens with one attached hydrogen (secondary N) is 1. The van der Waals surface area contributed by atoms with Crippen LogP contribution in [0, 0.1) is 5.82 Å². The van der Waals surface area contributed by atoms with E-state index in [-0.39, 0.29) is 40.1 Å². The van der Waals surface area contributed by atoms with Crippen molar-refractivity contribution in [1.82, 2.24) is 4.98 Å². The summed E-state index contributed by atoms with van der Waals surface area (Å²) in [5.41, 5.74) is -2.07. The molecule has 0 radical (unpaired) electrons. The predicted molar refractivity (Wildman–Crippen MR) is 97.1 cm³/mol. The number of carboxylic acid groups (broad SMARTS) is 1. The van der Waals surface area contributed by atoms with Gasteiger partial charge in [0.1, 0.15) is 22.1 Å². The number of aromatic amines is 1. The van der Waals surface area contributed by atoms with Crippen molar-refractivity contribution in [3.63, 3.8) is 0 Å². The van der Waals surface area contributed by atoms with Crippen molar-refractivity contribution >= 4 is 40.8 Å². The van der Waals surface area contributed by atoms with Crippen molar-refractivity contribution in [3.05, 3.63) is 40.4 Å². The zero-order valence-electron chi connectivity index (χ0n) is 14.2. The number of halogens is 7. The molecule has 158 valence electrons. The molecule has 1 aromatic carbocycles. The molecule has 2 atom stereocenters. The molecule has 0 bridgehead atoms. The average molecular weight is 477 g/mol. The van der Waals surface area contributed by atoms with Gasteiger partial charge in [0.25, 0.3) is 0 Å². The molecular weight excluding hydrogens is 465 g/mol. The second-order valence-electron chi connectivity index (χ2n) is 6.21. The van der Waals surface area contributed by atoms with Crippen LogP contribution in [-0.2, 0) is 15.7 Å². The highest BCUT2D eigenvalue weighted by molar-refractivity contribution is 6.44. The van der Waals surface area contributed by atoms with E-state index in [9.17, 15) is 27.5 Å². The first kappa shape index (κ1) is 22.0. The number of H-pyrrole nitrogens is 1. The highest BCUT2D eigenvalue weighted by Crippen LogP contribution is 2.42. The molecule has 2 N–H and O–H groups in total. The number of hydrogen-bond acceptors (Lipinski definition) is 3. The van der Waals surface area contributed by atoms with Crippen molar-refractivity contribution in [2.24, 2.45) is 0 Å². The highest BCUT2D eigenvalue weighted by atomic mass is 35.5. The molecule has 5 nitrogen and oxygen atoms in total. The van der Waals surface area contributed by atoms with Gasteiger partial charge in [0, 0.05) is 17.5 Å². The smallest absolute Gasteiger partial charge is 0.431 e. The monoisotopic (exact) mass is 475 g/mol. The van der Waals surface area contributed by atoms with Gasteiger partial charge < -0.3 is 19.6 Å². The summed E-state index contributed by atoms with van der Waals surface area (Å²) < 4.78 is 64.0. The molecule has 2 heterocycles. The Hall–Kier alpha value is -1.68. The van der Waals surface area contributed by atoms with Crippen molar-refractivity contribution in [2.45, 2.75) is 29.6 Å². The van der Waals surface area contributed by atoms with E-state index in [1.807, 2.05) is 4.98 Å². The zero-order chi connectivity index (χ0) is 21.5. The van der Waals surface area contributed by atoms with Crippen LogP contribution < -0.4 is 4.74 Å². The summed E-state index contributed by atoms with van der Waals surface area (Å²) >= 11 is 17.4. The van der Waals surface area contributed by atoms with Gasteiger partial charge in [-0.25, -0.2) is 9.18 Å². The molecule has 0 aliphatic carbocycles. The lowest BCUT2D eigenvalue weighted by molar-refractivity contribution is -0.145. The summed E-state index contributed by atoms with van der Waals surface area (Å²) in [5.74, 6) is -2.49. The van der Waals surface area contributed by atoms with Crippen LogP contribution in [0.2, 0.25) is 5.02 Å². The third-order valence-corrected chi connectivity index (χ3v) is 4.84. The molecule has 0 amide bonds. The number of benzene rings is 1. The number of carbonyl (C=O) groups is 1. The molecule has 2 aromatic rings. The molecule has 1 aliphatic heterocycles. The molecule has 1 aromatic heterocycles. The quantitative estimate of drug-likeness (QED) is 0.310. The van der Waals surface area contributed by atoms with E-state index in [0.717, 1.165) is 12.1 Å². The highest BCUT2D eigenvalue weighted by Gasteiger charge is 2.36. The molecule has 1 fully saturated rings. The average Bonchev–Trinajstić information content (AvgIpc) is 3.29. The minimum absolute atomic E-state index is 0.0252. The number of aliphatic carboxylic acids is 1. The van der Waals surface area contributed by atoms with E-state index in [1.54, 1.807) is 0 Å². The van der Waals surface area contributed by atoms with Crippen LogP contribution in [0.25, 0.3) is 11.1 Å². The predicted octanol–water partition coefficient (Wildman–Crippen LogP) is 5.59. The molecular formula is C17H12Cl3F4NO4. The fourth-order valence-corrected chi connectivity index (χ4v) is 3.18. The molecule has 2 unspecified atom stereocenters. The lowest BCUT2D eigenvalue weighted by Gasteiger charge is -2.17. The minimum atomic E-state index is -4.75. The molecule has 0 spiro atoms. The minimum Gasteiger partial charge on any atom is -0.479 e. The van der Waals surface area contributed by atoms with Gasteiger partial charge in [0.05, 0.1) is 23.4 Å². The molecule has 3 rings (SSSR count). The summed E-state index contributed by atoms with van der Waals surface area (Å²) in [6.45, 7) is 0.384. The van der Waals surface area contributed by atoms with Crippen LogP contribution in [-0.4, -0.2) is 34.9 Å². The lowest BCUT2D eigenvalue weighted by atomic mass is 10.0. The number of alkyl halides is 5. The Morgan fingerprint density at radius 2 is 1.97 bits per heavy atom. The van der Waals surface area contributed by atoms with Gasteiger partial charge in [-0.15, -0.1) is 0 Å². The van der Waals surface area contributed by atoms with E-state index in [0.29, 0.717) is 12.7 Å². The van der Waals surface area contributed by atoms with Crippen molar-refractivity contribution in [1.29, 1.82) is 0 Å². The molecule has 1 saturated heterocycles. The van der Waals surface area contributed by atoms with Crippen LogP contribution >= 0.6 is 34.8 Å². The Balaban J connectivity index is 2.03. The third kappa shape index (κ3) is 5.09. The fourth-order valence-electron chi connectivity index (χ4n) is 2.64.